The average molecular weight is 1060 g/mol. The van der Waals surface area contributed by atoms with Crippen LogP contribution in [0.5, 0.6) is 0 Å². The van der Waals surface area contributed by atoms with Crippen molar-refractivity contribution in [1.29, 1.82) is 0 Å². The number of nitrogens with two attached hydrogens (primary N) is 1. The van der Waals surface area contributed by atoms with E-state index in [-0.39, 0.29) is 41.6 Å². The first kappa shape index (κ1) is 60.1. The predicted octanol–water partition coefficient (Wildman–Crippen LogP) is 5.03. The molecule has 1 fully saturated rings. The van der Waals surface area contributed by atoms with E-state index in [4.69, 9.17) is 19.5 Å². The molecule has 2 unspecified atom stereocenters. The number of hydrogen-bond acceptors (Lipinski definition) is 18. The second-order valence-corrected chi connectivity index (χ2v) is 22.0. The van der Waals surface area contributed by atoms with E-state index < -0.39 is 84.6 Å². The summed E-state index contributed by atoms with van der Waals surface area (Å²) in [5, 5.41) is 26.7. The minimum atomic E-state index is -5.58. The number of aromatic nitrogens is 4. The number of imidazole rings is 1. The number of fused-ring (bicyclic) bond motifs is 1. The number of phosphoric ester groups is 3. The molecule has 10 N–H and O–H groups in total. The van der Waals surface area contributed by atoms with Crippen LogP contribution in [0.25, 0.3) is 11.2 Å². The summed E-state index contributed by atoms with van der Waals surface area (Å²) >= 11 is 1.15. The van der Waals surface area contributed by atoms with Crippen LogP contribution in [0.2, 0.25) is 0 Å². The maximum atomic E-state index is 12.7. The summed E-state index contributed by atoms with van der Waals surface area (Å²) in [5.74, 6) is -1.04. The van der Waals surface area contributed by atoms with Crippen LogP contribution in [0, 0.1) is 5.41 Å². The number of anilines is 1. The number of allylic oxidation sites excluding steroid dienone is 6. The molecule has 1 saturated heterocycles. The molecular formula is C41H68N7O17P3S. The smallest absolute Gasteiger partial charge is 0.386 e. The van der Waals surface area contributed by atoms with Gasteiger partial charge in [0.15, 0.2) is 22.8 Å². The van der Waals surface area contributed by atoms with Gasteiger partial charge in [0.1, 0.15) is 36.3 Å². The van der Waals surface area contributed by atoms with Crippen molar-refractivity contribution in [2.75, 3.05) is 37.8 Å². The number of nitrogen functional groups attached to an aromatic ring is 1. The molecule has 0 aliphatic carbocycles. The lowest BCUT2D eigenvalue weighted by Gasteiger charge is -2.30. The van der Waals surface area contributed by atoms with Gasteiger partial charge in [-0.3, -0.25) is 32.5 Å². The van der Waals surface area contributed by atoms with Crippen LogP contribution in [-0.2, 0) is 50.7 Å². The number of rotatable bonds is 34. The van der Waals surface area contributed by atoms with Crippen molar-refractivity contribution >= 4 is 69.1 Å². The summed E-state index contributed by atoms with van der Waals surface area (Å²) in [6.07, 6.45) is 18.5. The Labute approximate surface area is 405 Å². The van der Waals surface area contributed by atoms with E-state index in [1.54, 1.807) is 0 Å². The number of thioether (sulfide) groups is 1. The van der Waals surface area contributed by atoms with Gasteiger partial charge in [0.05, 0.1) is 19.5 Å². The van der Waals surface area contributed by atoms with E-state index >= 15 is 0 Å². The Morgan fingerprint density at radius 3 is 2.20 bits per heavy atom. The van der Waals surface area contributed by atoms with E-state index in [2.05, 4.69) is 77.8 Å². The van der Waals surface area contributed by atoms with Gasteiger partial charge >= 0.3 is 23.5 Å². The number of carbonyl (C=O) groups is 3. The van der Waals surface area contributed by atoms with Crippen LogP contribution in [0.15, 0.2) is 49.1 Å². The van der Waals surface area contributed by atoms with Gasteiger partial charge in [-0.1, -0.05) is 101 Å². The summed E-state index contributed by atoms with van der Waals surface area (Å²) in [6, 6.07) is 0. The van der Waals surface area contributed by atoms with Gasteiger partial charge in [-0.05, 0) is 38.5 Å². The number of amides is 2. The summed E-state index contributed by atoms with van der Waals surface area (Å²) < 4.78 is 62.4. The number of aliphatic hydroxyl groups excluding tert-OH is 2. The first-order valence-electron chi connectivity index (χ1n) is 22.6. The lowest BCUT2D eigenvalue weighted by Crippen LogP contribution is -2.46. The van der Waals surface area contributed by atoms with Gasteiger partial charge in [-0.2, -0.15) is 4.31 Å². The Morgan fingerprint density at radius 2 is 1.52 bits per heavy atom. The summed E-state index contributed by atoms with van der Waals surface area (Å²) in [7, 11) is -16.4. The first-order valence-corrected chi connectivity index (χ1v) is 28.1. The highest BCUT2D eigenvalue weighted by Gasteiger charge is 2.50. The van der Waals surface area contributed by atoms with Crippen molar-refractivity contribution in [3.05, 3.63) is 49.1 Å². The molecule has 7 atom stereocenters. The topological polar surface area (TPSA) is 364 Å². The van der Waals surface area contributed by atoms with E-state index in [0.29, 0.717) is 12.2 Å². The molecule has 24 nitrogen and oxygen atoms in total. The lowest BCUT2D eigenvalue weighted by atomic mass is 9.87. The lowest BCUT2D eigenvalue weighted by molar-refractivity contribution is -0.137. The quantitative estimate of drug-likeness (QED) is 0.0252. The van der Waals surface area contributed by atoms with Gasteiger partial charge in [-0.25, -0.2) is 28.6 Å². The molecule has 0 radical (unpaired) electrons. The van der Waals surface area contributed by atoms with Crippen molar-refractivity contribution < 1.29 is 80.5 Å². The Bertz CT molecular complexity index is 2170. The normalized spacial score (nSPS) is 20.2. The van der Waals surface area contributed by atoms with Crippen LogP contribution >= 0.6 is 35.2 Å². The molecule has 0 saturated carbocycles. The summed E-state index contributed by atoms with van der Waals surface area (Å²) in [4.78, 5) is 88.4. The number of nitrogens with one attached hydrogen (secondary N) is 2. The summed E-state index contributed by atoms with van der Waals surface area (Å²) in [6.45, 7) is 2.68. The number of phosphoric acid groups is 3. The SMILES string of the molecule is CC/C=C\C/C=C\C/C=C\CCCCCCCCCC(=O)SCCNC(=O)CCNC(=O)[C@H](O)C(C)(C)COP(=O)(O)OP(=O)(O)OC[C@H]1O[C@@H](n2cnc3c(N)ncnc32)[C@H](O)[C@@H]1OP(=O)(O)O. The van der Waals surface area contributed by atoms with Crippen LogP contribution < -0.4 is 16.4 Å². The number of carbonyl (C=O) groups excluding carboxylic acids is 3. The van der Waals surface area contributed by atoms with E-state index in [0.717, 1.165) is 80.4 Å². The Balaban J connectivity index is 1.28. The number of nitrogens with zero attached hydrogens (tertiary/aromatic N) is 4. The van der Waals surface area contributed by atoms with Crippen LogP contribution in [0.1, 0.15) is 110 Å². The third kappa shape index (κ3) is 22.8. The van der Waals surface area contributed by atoms with Crippen molar-refractivity contribution in [2.45, 2.75) is 135 Å². The first-order chi connectivity index (χ1) is 32.6. The van der Waals surface area contributed by atoms with Crippen LogP contribution in [0.3, 0.4) is 0 Å². The fraction of sp³-hybridized carbons (Fsp3) is 0.659. The van der Waals surface area contributed by atoms with Crippen LogP contribution in [-0.4, -0.2) is 123 Å². The maximum absolute atomic E-state index is 12.7. The Hall–Kier alpha value is -3.22. The second-order valence-electron chi connectivity index (χ2n) is 16.6. The van der Waals surface area contributed by atoms with Crippen LogP contribution in [0.4, 0.5) is 5.82 Å². The van der Waals surface area contributed by atoms with Gasteiger partial charge < -0.3 is 50.9 Å². The van der Waals surface area contributed by atoms with E-state index in [1.165, 1.54) is 33.1 Å². The zero-order chi connectivity index (χ0) is 51.1. The van der Waals surface area contributed by atoms with Gasteiger partial charge in [0.2, 0.25) is 11.8 Å². The molecule has 0 spiro atoms. The van der Waals surface area contributed by atoms with Crippen molar-refractivity contribution in [1.82, 2.24) is 30.2 Å². The molecule has 1 aliphatic rings. The van der Waals surface area contributed by atoms with Gasteiger partial charge in [-0.15, -0.1) is 0 Å². The largest absolute Gasteiger partial charge is 0.481 e. The third-order valence-electron chi connectivity index (χ3n) is 10.3. The fourth-order valence-corrected chi connectivity index (χ4v) is 10.2. The zero-order valence-electron chi connectivity index (χ0n) is 39.0. The Morgan fingerprint density at radius 1 is 0.884 bits per heavy atom. The molecular weight excluding hydrogens is 987 g/mol. The minimum Gasteiger partial charge on any atom is -0.386 e. The molecule has 3 heterocycles. The zero-order valence-corrected chi connectivity index (χ0v) is 42.5. The molecule has 28 heteroatoms. The standard InChI is InChI=1S/C41H68N7O17P3S/c1-4-5-6-7-8-9-10-11-12-13-14-15-16-17-18-19-20-21-32(50)69-25-24-43-31(49)22-23-44-39(53)36(52)41(2,3)27-62-68(59,60)65-67(57,58)61-26-30-35(64-66(54,55)56)34(51)40(63-30)48-29-47-33-37(42)45-28-46-38(33)48/h5-6,8-9,11-12,28-30,34-36,40,51-52H,4,7,10,13-27H2,1-3H3,(H,43,49)(H,44,53)(H,57,58)(H,59,60)(H2,42,45,46)(H2,54,55,56)/b6-5-,9-8-,12-11-/t30-,34-,35-,36+,40-/m1/s1. The third-order valence-corrected chi connectivity index (χ3v) is 14.3. The average Bonchev–Trinajstić information content (AvgIpc) is 3.84. The molecule has 69 heavy (non-hydrogen) atoms. The number of aliphatic hydroxyl groups is 2. The highest BCUT2D eigenvalue weighted by atomic mass is 32.2. The maximum Gasteiger partial charge on any atom is 0.481 e. The predicted molar refractivity (Wildman–Crippen MR) is 256 cm³/mol. The van der Waals surface area contributed by atoms with Gasteiger partial charge in [0.25, 0.3) is 0 Å². The van der Waals surface area contributed by atoms with E-state index in [9.17, 15) is 57.9 Å². The minimum absolute atomic E-state index is 0.0321. The molecule has 3 rings (SSSR count). The number of unbranched alkanes of at least 4 members (excludes halogenated alkanes) is 7. The van der Waals surface area contributed by atoms with Crippen molar-refractivity contribution in [2.24, 2.45) is 5.41 Å². The Kier molecular flexibility index (Phi) is 26.1. The highest BCUT2D eigenvalue weighted by molar-refractivity contribution is 8.13. The second kappa shape index (κ2) is 30.0. The molecule has 2 aromatic heterocycles. The van der Waals surface area contributed by atoms with Crippen molar-refractivity contribution in [3.8, 4) is 0 Å². The highest BCUT2D eigenvalue weighted by Crippen LogP contribution is 2.61. The number of hydrogen-bond donors (Lipinski definition) is 9. The molecule has 2 aromatic rings. The van der Waals surface area contributed by atoms with E-state index in [1.807, 2.05) is 0 Å². The molecule has 1 aliphatic heterocycles. The summed E-state index contributed by atoms with van der Waals surface area (Å²) in [5.41, 5.74) is 4.28. The number of ether oxygens (including phenoxy) is 1. The van der Waals surface area contributed by atoms with Crippen molar-refractivity contribution in [3.63, 3.8) is 0 Å². The molecule has 0 aromatic carbocycles. The fourth-order valence-electron chi connectivity index (χ4n) is 6.61. The monoisotopic (exact) mass is 1060 g/mol. The van der Waals surface area contributed by atoms with Gasteiger partial charge in [0, 0.05) is 37.1 Å². The molecule has 0 bridgehead atoms. The molecule has 390 valence electrons. The molecule has 2 amide bonds.